The van der Waals surface area contributed by atoms with Crippen LogP contribution in [-0.4, -0.2) is 13.0 Å². The monoisotopic (exact) mass is 299 g/mol. The molecule has 1 amide bonds. The van der Waals surface area contributed by atoms with E-state index in [-0.39, 0.29) is 5.69 Å². The number of nitrogens with one attached hydrogen (secondary N) is 1. The van der Waals surface area contributed by atoms with Crippen molar-refractivity contribution in [1.29, 1.82) is 0 Å². The fourth-order valence-corrected chi connectivity index (χ4v) is 1.64. The lowest BCUT2D eigenvalue weighted by atomic mass is 10.1. The van der Waals surface area contributed by atoms with Gasteiger partial charge in [-0.25, -0.2) is 17.6 Å². The molecule has 0 saturated heterocycles. The number of hydrogen-bond acceptors (Lipinski definition) is 2. The molecule has 0 atom stereocenters. The number of ether oxygens (including phenoxy) is 1. The number of halogens is 4. The van der Waals surface area contributed by atoms with Gasteiger partial charge in [-0.2, -0.15) is 0 Å². The second-order valence-corrected chi connectivity index (χ2v) is 4.03. The Balaban J connectivity index is 2.32. The molecule has 2 aromatic carbocycles. The fraction of sp³-hybridized carbons (Fsp3) is 0.0714. The van der Waals surface area contributed by atoms with Gasteiger partial charge in [-0.05, 0) is 18.2 Å². The molecule has 0 saturated carbocycles. The highest BCUT2D eigenvalue weighted by Gasteiger charge is 2.23. The van der Waals surface area contributed by atoms with Gasteiger partial charge in [-0.3, -0.25) is 4.79 Å². The third-order valence-electron chi connectivity index (χ3n) is 2.67. The fourth-order valence-electron chi connectivity index (χ4n) is 1.64. The Morgan fingerprint density at radius 1 is 1.05 bits per heavy atom. The van der Waals surface area contributed by atoms with Gasteiger partial charge in [-0.1, -0.05) is 6.07 Å². The summed E-state index contributed by atoms with van der Waals surface area (Å²) in [6, 6.07) is 6.34. The largest absolute Gasteiger partial charge is 0.497 e. The van der Waals surface area contributed by atoms with Gasteiger partial charge in [0, 0.05) is 11.8 Å². The first-order valence-corrected chi connectivity index (χ1v) is 5.72. The Bertz CT molecular complexity index is 704. The van der Waals surface area contributed by atoms with Crippen LogP contribution < -0.4 is 10.1 Å². The van der Waals surface area contributed by atoms with E-state index in [0.717, 1.165) is 0 Å². The molecule has 1 N–H and O–H groups in total. The van der Waals surface area contributed by atoms with Crippen LogP contribution in [0, 0.1) is 23.3 Å². The second-order valence-electron chi connectivity index (χ2n) is 4.03. The van der Waals surface area contributed by atoms with Gasteiger partial charge < -0.3 is 10.1 Å². The first-order chi connectivity index (χ1) is 9.93. The molecule has 0 fully saturated rings. The van der Waals surface area contributed by atoms with Crippen molar-refractivity contribution >= 4 is 11.6 Å². The molecule has 0 unspecified atom stereocenters. The number of hydrogen-bond donors (Lipinski definition) is 1. The van der Waals surface area contributed by atoms with Gasteiger partial charge in [0.1, 0.15) is 5.75 Å². The van der Waals surface area contributed by atoms with E-state index in [0.29, 0.717) is 11.8 Å². The topological polar surface area (TPSA) is 38.3 Å². The number of carbonyl (C=O) groups is 1. The summed E-state index contributed by atoms with van der Waals surface area (Å²) in [7, 11) is 1.41. The molecule has 0 heterocycles. The quantitative estimate of drug-likeness (QED) is 0.535. The van der Waals surface area contributed by atoms with Crippen LogP contribution in [-0.2, 0) is 0 Å². The van der Waals surface area contributed by atoms with Crippen molar-refractivity contribution in [3.8, 4) is 5.75 Å². The zero-order valence-corrected chi connectivity index (χ0v) is 10.7. The van der Waals surface area contributed by atoms with Crippen LogP contribution in [0.3, 0.4) is 0 Å². The van der Waals surface area contributed by atoms with E-state index in [9.17, 15) is 22.4 Å². The zero-order chi connectivity index (χ0) is 15.6. The summed E-state index contributed by atoms with van der Waals surface area (Å²) < 4.78 is 57.4. The maximum Gasteiger partial charge on any atom is 0.258 e. The molecule has 0 aliphatic carbocycles. The number of benzene rings is 2. The highest BCUT2D eigenvalue weighted by atomic mass is 19.2. The maximum atomic E-state index is 13.5. The molecule has 0 spiro atoms. The third-order valence-corrected chi connectivity index (χ3v) is 2.67. The van der Waals surface area contributed by atoms with Crippen LogP contribution in [0.2, 0.25) is 0 Å². The average molecular weight is 299 g/mol. The summed E-state index contributed by atoms with van der Waals surface area (Å²) in [5.74, 6) is -8.10. The predicted octanol–water partition coefficient (Wildman–Crippen LogP) is 3.50. The lowest BCUT2D eigenvalue weighted by Crippen LogP contribution is -2.16. The number of rotatable bonds is 3. The van der Waals surface area contributed by atoms with Crippen LogP contribution in [0.5, 0.6) is 5.75 Å². The van der Waals surface area contributed by atoms with Gasteiger partial charge >= 0.3 is 0 Å². The van der Waals surface area contributed by atoms with Crippen molar-refractivity contribution in [2.45, 2.75) is 0 Å². The maximum absolute atomic E-state index is 13.5. The van der Waals surface area contributed by atoms with Crippen molar-refractivity contribution in [3.05, 3.63) is 59.2 Å². The number of carbonyl (C=O) groups excluding carboxylic acids is 1. The first kappa shape index (κ1) is 14.8. The molecule has 3 nitrogen and oxygen atoms in total. The van der Waals surface area contributed by atoms with E-state index in [1.165, 1.54) is 19.2 Å². The molecular formula is C14H9F4NO2. The van der Waals surface area contributed by atoms with E-state index in [1.54, 1.807) is 12.1 Å². The predicted molar refractivity (Wildman–Crippen MR) is 67.2 cm³/mol. The molecule has 21 heavy (non-hydrogen) atoms. The summed E-state index contributed by atoms with van der Waals surface area (Å²) in [6.45, 7) is 0. The number of anilines is 1. The minimum Gasteiger partial charge on any atom is -0.497 e. The SMILES string of the molecule is COc1cccc(NC(=O)c2cc(F)c(F)c(F)c2F)c1. The first-order valence-electron chi connectivity index (χ1n) is 5.72. The lowest BCUT2D eigenvalue weighted by Gasteiger charge is -2.08. The van der Waals surface area contributed by atoms with Gasteiger partial charge in [0.05, 0.1) is 12.7 Å². The molecule has 0 aromatic heterocycles. The molecule has 2 rings (SSSR count). The Labute approximate surface area is 117 Å². The minimum absolute atomic E-state index is 0.226. The van der Waals surface area contributed by atoms with E-state index in [4.69, 9.17) is 4.74 Å². The number of amides is 1. The summed E-state index contributed by atoms with van der Waals surface area (Å²) >= 11 is 0. The van der Waals surface area contributed by atoms with E-state index in [1.807, 2.05) is 0 Å². The Hall–Kier alpha value is -2.57. The van der Waals surface area contributed by atoms with E-state index in [2.05, 4.69) is 5.32 Å². The highest BCUT2D eigenvalue weighted by Crippen LogP contribution is 2.21. The Morgan fingerprint density at radius 3 is 2.43 bits per heavy atom. The smallest absolute Gasteiger partial charge is 0.258 e. The standard InChI is InChI=1S/C14H9F4NO2/c1-21-8-4-2-3-7(5-8)19-14(20)9-6-10(15)12(17)13(18)11(9)16/h2-6H,1H3,(H,19,20). The molecule has 0 aliphatic heterocycles. The van der Waals surface area contributed by atoms with Crippen LogP contribution >= 0.6 is 0 Å². The van der Waals surface area contributed by atoms with E-state index >= 15 is 0 Å². The van der Waals surface area contributed by atoms with Crippen LogP contribution in [0.1, 0.15) is 10.4 Å². The summed E-state index contributed by atoms with van der Waals surface area (Å²) in [4.78, 5) is 11.8. The van der Waals surface area contributed by atoms with E-state index < -0.39 is 34.7 Å². The molecule has 0 aliphatic rings. The van der Waals surface area contributed by atoms with Crippen LogP contribution in [0.25, 0.3) is 0 Å². The molecule has 0 bridgehead atoms. The summed E-state index contributed by atoms with van der Waals surface area (Å²) in [6.07, 6.45) is 0. The molecule has 7 heteroatoms. The minimum atomic E-state index is -2.04. The Morgan fingerprint density at radius 2 is 1.76 bits per heavy atom. The van der Waals surface area contributed by atoms with Crippen molar-refractivity contribution in [1.82, 2.24) is 0 Å². The zero-order valence-electron chi connectivity index (χ0n) is 10.7. The van der Waals surface area contributed by atoms with Gasteiger partial charge in [0.2, 0.25) is 0 Å². The molecular weight excluding hydrogens is 290 g/mol. The van der Waals surface area contributed by atoms with Gasteiger partial charge in [-0.15, -0.1) is 0 Å². The van der Waals surface area contributed by atoms with Gasteiger partial charge in [0.15, 0.2) is 23.3 Å². The number of methoxy groups -OCH3 is 1. The normalized spacial score (nSPS) is 10.3. The van der Waals surface area contributed by atoms with Crippen molar-refractivity contribution < 1.29 is 27.1 Å². The highest BCUT2D eigenvalue weighted by molar-refractivity contribution is 6.04. The van der Waals surface area contributed by atoms with Crippen molar-refractivity contribution in [3.63, 3.8) is 0 Å². The van der Waals surface area contributed by atoms with Gasteiger partial charge in [0.25, 0.3) is 5.91 Å². The molecule has 2 aromatic rings. The summed E-state index contributed by atoms with van der Waals surface area (Å²) in [5, 5.41) is 2.23. The lowest BCUT2D eigenvalue weighted by molar-refractivity contribution is 0.102. The van der Waals surface area contributed by atoms with Crippen molar-refractivity contribution in [2.75, 3.05) is 12.4 Å². The van der Waals surface area contributed by atoms with Crippen LogP contribution in [0.15, 0.2) is 30.3 Å². The summed E-state index contributed by atoms with van der Waals surface area (Å²) in [5.41, 5.74) is -0.710. The molecule has 110 valence electrons. The average Bonchev–Trinajstić information content (AvgIpc) is 2.48. The van der Waals surface area contributed by atoms with Crippen LogP contribution in [0.4, 0.5) is 23.2 Å². The Kier molecular flexibility index (Phi) is 4.11. The third kappa shape index (κ3) is 2.96. The second kappa shape index (κ2) is 5.82. The van der Waals surface area contributed by atoms with Crippen molar-refractivity contribution in [2.24, 2.45) is 0 Å². The molecule has 0 radical (unpaired) electrons.